The maximum absolute atomic E-state index is 8.42. The first kappa shape index (κ1) is 8.68. The van der Waals surface area contributed by atoms with Crippen molar-refractivity contribution in [3.05, 3.63) is 11.4 Å². The summed E-state index contributed by atoms with van der Waals surface area (Å²) >= 11 is 0. The Balaban J connectivity index is 2.82. The van der Waals surface area contributed by atoms with Crippen LogP contribution < -0.4 is 5.73 Å². The van der Waals surface area contributed by atoms with Crippen molar-refractivity contribution in [1.82, 2.24) is 15.0 Å². The highest BCUT2D eigenvalue weighted by molar-refractivity contribution is 5.08. The van der Waals surface area contributed by atoms with Gasteiger partial charge >= 0.3 is 0 Å². The van der Waals surface area contributed by atoms with Gasteiger partial charge in [0.15, 0.2) is 0 Å². The van der Waals surface area contributed by atoms with E-state index in [2.05, 4.69) is 10.3 Å². The Morgan fingerprint density at radius 3 is 3.00 bits per heavy atom. The van der Waals surface area contributed by atoms with Gasteiger partial charge in [-0.2, -0.15) is 5.26 Å². The van der Waals surface area contributed by atoms with Crippen LogP contribution in [0.25, 0.3) is 0 Å². The Bertz CT molecular complexity index is 295. The van der Waals surface area contributed by atoms with E-state index in [0.717, 1.165) is 17.8 Å². The molecule has 0 amide bonds. The van der Waals surface area contributed by atoms with E-state index < -0.39 is 0 Å². The number of nitrogens with zero attached hydrogens (tertiary/aromatic N) is 4. The molecule has 0 aliphatic rings. The fraction of sp³-hybridized carbons (Fsp3) is 0.571. The van der Waals surface area contributed by atoms with Crippen LogP contribution in [0.15, 0.2) is 0 Å². The van der Waals surface area contributed by atoms with E-state index in [4.69, 9.17) is 11.0 Å². The fourth-order valence-corrected chi connectivity index (χ4v) is 0.981. The van der Waals surface area contributed by atoms with Crippen LogP contribution in [0.2, 0.25) is 0 Å². The first-order valence-corrected chi connectivity index (χ1v) is 3.75. The average Bonchev–Trinajstić information content (AvgIpc) is 2.38. The van der Waals surface area contributed by atoms with E-state index in [9.17, 15) is 0 Å². The monoisotopic (exact) mass is 165 g/mol. The predicted octanol–water partition coefficient (Wildman–Crippen LogP) is -0.389. The average molecular weight is 165 g/mol. The van der Waals surface area contributed by atoms with Gasteiger partial charge in [-0.3, -0.25) is 0 Å². The molecule has 1 rings (SSSR count). The Morgan fingerprint density at radius 2 is 2.42 bits per heavy atom. The van der Waals surface area contributed by atoms with Crippen LogP contribution >= 0.6 is 0 Å². The summed E-state index contributed by atoms with van der Waals surface area (Å²) < 4.78 is 1.57. The summed E-state index contributed by atoms with van der Waals surface area (Å²) in [7, 11) is 0. The molecule has 12 heavy (non-hydrogen) atoms. The lowest BCUT2D eigenvalue weighted by atomic mass is 10.2. The Kier molecular flexibility index (Phi) is 2.77. The third-order valence-corrected chi connectivity index (χ3v) is 1.68. The number of hydrogen-bond acceptors (Lipinski definition) is 4. The zero-order chi connectivity index (χ0) is 8.97. The summed E-state index contributed by atoms with van der Waals surface area (Å²) in [6.07, 6.45) is 0.720. The Labute approximate surface area is 70.8 Å². The molecule has 2 N–H and O–H groups in total. The smallest absolute Gasteiger partial charge is 0.130 e. The zero-order valence-electron chi connectivity index (χ0n) is 6.99. The molecule has 1 heterocycles. The lowest BCUT2D eigenvalue weighted by Gasteiger charge is -1.95. The van der Waals surface area contributed by atoms with Crippen molar-refractivity contribution in [2.45, 2.75) is 19.9 Å². The highest BCUT2D eigenvalue weighted by Crippen LogP contribution is 2.02. The SMILES string of the molecule is Cc1c(CCN)nnn1CC#N. The van der Waals surface area contributed by atoms with Crippen molar-refractivity contribution < 1.29 is 0 Å². The molecule has 0 fully saturated rings. The van der Waals surface area contributed by atoms with E-state index in [0.29, 0.717) is 6.54 Å². The van der Waals surface area contributed by atoms with Crippen LogP contribution in [0.4, 0.5) is 0 Å². The highest BCUT2D eigenvalue weighted by Gasteiger charge is 2.05. The predicted molar refractivity (Wildman–Crippen MR) is 43.1 cm³/mol. The largest absolute Gasteiger partial charge is 0.330 e. The van der Waals surface area contributed by atoms with E-state index in [1.807, 2.05) is 13.0 Å². The van der Waals surface area contributed by atoms with Crippen molar-refractivity contribution in [1.29, 1.82) is 5.26 Å². The van der Waals surface area contributed by atoms with Gasteiger partial charge in [0.2, 0.25) is 0 Å². The summed E-state index contributed by atoms with van der Waals surface area (Å²) in [4.78, 5) is 0. The number of hydrogen-bond donors (Lipinski definition) is 1. The second kappa shape index (κ2) is 3.83. The van der Waals surface area contributed by atoms with Gasteiger partial charge in [0.25, 0.3) is 0 Å². The normalized spacial score (nSPS) is 9.75. The van der Waals surface area contributed by atoms with Gasteiger partial charge in [-0.05, 0) is 13.5 Å². The first-order chi connectivity index (χ1) is 5.79. The number of nitrogens with two attached hydrogens (primary N) is 1. The second-order valence-electron chi connectivity index (χ2n) is 2.48. The molecule has 0 aliphatic heterocycles. The van der Waals surface area contributed by atoms with E-state index in [1.165, 1.54) is 0 Å². The van der Waals surface area contributed by atoms with Crippen LogP contribution in [0.5, 0.6) is 0 Å². The fourth-order valence-electron chi connectivity index (χ4n) is 0.981. The molecule has 64 valence electrons. The van der Waals surface area contributed by atoms with Gasteiger partial charge in [-0.1, -0.05) is 5.21 Å². The molecule has 0 radical (unpaired) electrons. The van der Waals surface area contributed by atoms with E-state index in [-0.39, 0.29) is 6.54 Å². The third kappa shape index (κ3) is 1.60. The van der Waals surface area contributed by atoms with Crippen molar-refractivity contribution in [2.24, 2.45) is 5.73 Å². The van der Waals surface area contributed by atoms with Gasteiger partial charge < -0.3 is 5.73 Å². The van der Waals surface area contributed by atoms with Crippen LogP contribution in [-0.4, -0.2) is 21.5 Å². The maximum Gasteiger partial charge on any atom is 0.130 e. The van der Waals surface area contributed by atoms with E-state index >= 15 is 0 Å². The van der Waals surface area contributed by atoms with Gasteiger partial charge in [0.1, 0.15) is 6.54 Å². The molecule has 5 nitrogen and oxygen atoms in total. The lowest BCUT2D eigenvalue weighted by molar-refractivity contribution is 0.651. The summed E-state index contributed by atoms with van der Waals surface area (Å²) in [5.41, 5.74) is 7.19. The number of aromatic nitrogens is 3. The Morgan fingerprint density at radius 1 is 1.67 bits per heavy atom. The standard InChI is InChI=1S/C7H11N5/c1-6-7(2-3-8)10-11-12(6)5-4-9/h2-3,5,8H2,1H3. The second-order valence-corrected chi connectivity index (χ2v) is 2.48. The van der Waals surface area contributed by atoms with Crippen LogP contribution in [0.1, 0.15) is 11.4 Å². The van der Waals surface area contributed by atoms with Crippen molar-refractivity contribution >= 4 is 0 Å². The molecule has 0 unspecified atom stereocenters. The Hall–Kier alpha value is -1.41. The quantitative estimate of drug-likeness (QED) is 0.661. The molecule has 0 atom stereocenters. The van der Waals surface area contributed by atoms with Gasteiger partial charge in [0, 0.05) is 6.42 Å². The minimum Gasteiger partial charge on any atom is -0.330 e. The summed E-state index contributed by atoms with van der Waals surface area (Å²) in [6.45, 7) is 2.71. The summed E-state index contributed by atoms with van der Waals surface area (Å²) in [5.74, 6) is 0. The molecule has 0 bridgehead atoms. The topological polar surface area (TPSA) is 80.5 Å². The van der Waals surface area contributed by atoms with Crippen LogP contribution in [0, 0.1) is 18.3 Å². The molecule has 5 heteroatoms. The molecule has 1 aromatic rings. The number of nitriles is 1. The van der Waals surface area contributed by atoms with Gasteiger partial charge in [0.05, 0.1) is 17.5 Å². The highest BCUT2D eigenvalue weighted by atomic mass is 15.4. The lowest BCUT2D eigenvalue weighted by Crippen LogP contribution is -2.05. The number of rotatable bonds is 3. The minimum atomic E-state index is 0.253. The molecular formula is C7H11N5. The molecular weight excluding hydrogens is 154 g/mol. The molecule has 0 saturated heterocycles. The minimum absolute atomic E-state index is 0.253. The van der Waals surface area contributed by atoms with Gasteiger partial charge in [-0.15, -0.1) is 5.10 Å². The molecule has 0 aliphatic carbocycles. The van der Waals surface area contributed by atoms with Gasteiger partial charge in [-0.25, -0.2) is 4.68 Å². The maximum atomic E-state index is 8.42. The summed E-state index contributed by atoms with van der Waals surface area (Å²) in [6, 6.07) is 2.01. The molecule has 1 aromatic heterocycles. The van der Waals surface area contributed by atoms with Crippen molar-refractivity contribution in [2.75, 3.05) is 6.54 Å². The third-order valence-electron chi connectivity index (χ3n) is 1.68. The zero-order valence-corrected chi connectivity index (χ0v) is 6.99. The van der Waals surface area contributed by atoms with Crippen LogP contribution in [-0.2, 0) is 13.0 Å². The molecule has 0 aromatic carbocycles. The molecule has 0 spiro atoms. The summed E-state index contributed by atoms with van der Waals surface area (Å²) in [5, 5.41) is 16.1. The van der Waals surface area contributed by atoms with Crippen molar-refractivity contribution in [3.8, 4) is 6.07 Å². The van der Waals surface area contributed by atoms with Crippen LogP contribution in [0.3, 0.4) is 0 Å². The molecule has 0 saturated carbocycles. The first-order valence-electron chi connectivity index (χ1n) is 3.75. The van der Waals surface area contributed by atoms with Crippen molar-refractivity contribution in [3.63, 3.8) is 0 Å². The van der Waals surface area contributed by atoms with E-state index in [1.54, 1.807) is 4.68 Å².